The van der Waals surface area contributed by atoms with Crippen LogP contribution in [0.3, 0.4) is 0 Å². The second kappa shape index (κ2) is 7.49. The molecule has 0 aliphatic rings. The molecule has 0 atom stereocenters. The quantitative estimate of drug-likeness (QED) is 0.753. The Hall–Kier alpha value is -0.930. The van der Waals surface area contributed by atoms with Gasteiger partial charge in [0.25, 0.3) is 0 Å². The molecule has 1 aromatic heterocycles. The van der Waals surface area contributed by atoms with Crippen molar-refractivity contribution in [1.82, 2.24) is 15.2 Å². The average molecular weight is 249 g/mol. The van der Waals surface area contributed by atoms with Gasteiger partial charge >= 0.3 is 0 Å². The van der Waals surface area contributed by atoms with Crippen molar-refractivity contribution in [2.75, 3.05) is 26.7 Å². The van der Waals surface area contributed by atoms with Gasteiger partial charge in [-0.3, -0.25) is 4.98 Å². The predicted octanol–water partition coefficient (Wildman–Crippen LogP) is 2.54. The number of aromatic nitrogens is 1. The van der Waals surface area contributed by atoms with E-state index in [1.54, 1.807) is 0 Å². The zero-order valence-corrected chi connectivity index (χ0v) is 12.2. The minimum Gasteiger partial charge on any atom is -0.315 e. The molecule has 0 fully saturated rings. The maximum absolute atomic E-state index is 4.13. The first-order valence-corrected chi connectivity index (χ1v) is 6.75. The van der Waals surface area contributed by atoms with Gasteiger partial charge in [0.2, 0.25) is 0 Å². The van der Waals surface area contributed by atoms with Crippen LogP contribution in [0.2, 0.25) is 0 Å². The third-order valence-corrected chi connectivity index (χ3v) is 2.90. The van der Waals surface area contributed by atoms with Crippen LogP contribution in [0.25, 0.3) is 0 Å². The lowest BCUT2D eigenvalue weighted by atomic mass is 9.92. The first-order valence-electron chi connectivity index (χ1n) is 6.75. The molecule has 0 aliphatic heterocycles. The Balaban J connectivity index is 2.09. The standard InChI is InChI=1S/C15H27N3/c1-15(2,3)7-9-16-10-11-18(4)13-14-6-5-8-17-12-14/h5-6,8,12,16H,7,9-11,13H2,1-4H3. The van der Waals surface area contributed by atoms with Crippen LogP contribution in [0.1, 0.15) is 32.8 Å². The largest absolute Gasteiger partial charge is 0.315 e. The third-order valence-electron chi connectivity index (χ3n) is 2.90. The van der Waals surface area contributed by atoms with Crippen molar-refractivity contribution in [3.8, 4) is 0 Å². The molecule has 0 saturated heterocycles. The van der Waals surface area contributed by atoms with Gasteiger partial charge in [0.15, 0.2) is 0 Å². The maximum Gasteiger partial charge on any atom is 0.0312 e. The molecule has 0 amide bonds. The van der Waals surface area contributed by atoms with Crippen LogP contribution >= 0.6 is 0 Å². The van der Waals surface area contributed by atoms with Gasteiger partial charge in [0.05, 0.1) is 0 Å². The SMILES string of the molecule is CN(CCNCCC(C)(C)C)Cc1cccnc1. The van der Waals surface area contributed by atoms with Crippen LogP contribution in [0.15, 0.2) is 24.5 Å². The van der Waals surface area contributed by atoms with Gasteiger partial charge in [0.1, 0.15) is 0 Å². The lowest BCUT2D eigenvalue weighted by Gasteiger charge is -2.20. The molecule has 1 heterocycles. The van der Waals surface area contributed by atoms with Gasteiger partial charge in [-0.15, -0.1) is 0 Å². The summed E-state index contributed by atoms with van der Waals surface area (Å²) in [5, 5.41) is 3.50. The molecule has 0 saturated carbocycles. The van der Waals surface area contributed by atoms with Crippen molar-refractivity contribution in [2.24, 2.45) is 5.41 Å². The van der Waals surface area contributed by atoms with Crippen LogP contribution < -0.4 is 5.32 Å². The number of hydrogen-bond donors (Lipinski definition) is 1. The van der Waals surface area contributed by atoms with Crippen molar-refractivity contribution >= 4 is 0 Å². The summed E-state index contributed by atoms with van der Waals surface area (Å²) >= 11 is 0. The highest BCUT2D eigenvalue weighted by atomic mass is 15.1. The summed E-state index contributed by atoms with van der Waals surface area (Å²) in [6, 6.07) is 4.11. The lowest BCUT2D eigenvalue weighted by Crippen LogP contribution is -2.30. The molecule has 3 nitrogen and oxygen atoms in total. The Morgan fingerprint density at radius 2 is 2.06 bits per heavy atom. The van der Waals surface area contributed by atoms with Crippen LogP contribution in [0.4, 0.5) is 0 Å². The smallest absolute Gasteiger partial charge is 0.0312 e. The number of pyridine rings is 1. The molecule has 1 aromatic rings. The molecule has 0 aliphatic carbocycles. The summed E-state index contributed by atoms with van der Waals surface area (Å²) in [6.45, 7) is 11.0. The number of nitrogens with zero attached hydrogens (tertiary/aromatic N) is 2. The summed E-state index contributed by atoms with van der Waals surface area (Å²) in [5.74, 6) is 0. The van der Waals surface area contributed by atoms with E-state index < -0.39 is 0 Å². The van der Waals surface area contributed by atoms with Crippen LogP contribution in [0.5, 0.6) is 0 Å². The molecule has 18 heavy (non-hydrogen) atoms. The monoisotopic (exact) mass is 249 g/mol. The van der Waals surface area contributed by atoms with E-state index >= 15 is 0 Å². The Bertz CT molecular complexity index is 316. The minimum atomic E-state index is 0.425. The lowest BCUT2D eigenvalue weighted by molar-refractivity contribution is 0.314. The summed E-state index contributed by atoms with van der Waals surface area (Å²) < 4.78 is 0. The van der Waals surface area contributed by atoms with Gasteiger partial charge in [-0.2, -0.15) is 0 Å². The number of rotatable bonds is 7. The molecular formula is C15H27N3. The van der Waals surface area contributed by atoms with Crippen molar-refractivity contribution in [2.45, 2.75) is 33.7 Å². The van der Waals surface area contributed by atoms with Gasteiger partial charge in [0, 0.05) is 32.0 Å². The number of likely N-dealkylation sites (N-methyl/N-ethyl adjacent to an activating group) is 1. The molecule has 0 spiro atoms. The van der Waals surface area contributed by atoms with Gasteiger partial charge in [-0.1, -0.05) is 26.8 Å². The van der Waals surface area contributed by atoms with E-state index in [0.29, 0.717) is 5.41 Å². The van der Waals surface area contributed by atoms with E-state index in [1.165, 1.54) is 12.0 Å². The fourth-order valence-corrected chi connectivity index (χ4v) is 1.74. The van der Waals surface area contributed by atoms with Crippen molar-refractivity contribution in [3.05, 3.63) is 30.1 Å². The zero-order chi connectivity index (χ0) is 13.4. The highest BCUT2D eigenvalue weighted by molar-refractivity contribution is 5.07. The maximum atomic E-state index is 4.13. The Morgan fingerprint density at radius 1 is 1.28 bits per heavy atom. The molecule has 0 radical (unpaired) electrons. The molecule has 102 valence electrons. The van der Waals surface area contributed by atoms with E-state index in [-0.39, 0.29) is 0 Å². The Kier molecular flexibility index (Phi) is 6.30. The van der Waals surface area contributed by atoms with E-state index in [0.717, 1.165) is 26.2 Å². The van der Waals surface area contributed by atoms with Crippen molar-refractivity contribution in [3.63, 3.8) is 0 Å². The highest BCUT2D eigenvalue weighted by Gasteiger charge is 2.08. The second-order valence-corrected chi connectivity index (χ2v) is 6.16. The van der Waals surface area contributed by atoms with Gasteiger partial charge < -0.3 is 10.2 Å². The topological polar surface area (TPSA) is 28.2 Å². The summed E-state index contributed by atoms with van der Waals surface area (Å²) in [7, 11) is 2.15. The van der Waals surface area contributed by atoms with E-state index in [9.17, 15) is 0 Å². The minimum absolute atomic E-state index is 0.425. The molecular weight excluding hydrogens is 222 g/mol. The number of hydrogen-bond acceptors (Lipinski definition) is 3. The first-order chi connectivity index (χ1) is 8.47. The molecule has 1 N–H and O–H groups in total. The molecule has 1 rings (SSSR count). The normalized spacial score (nSPS) is 12.1. The fraction of sp³-hybridized carbons (Fsp3) is 0.667. The van der Waals surface area contributed by atoms with Crippen molar-refractivity contribution in [1.29, 1.82) is 0 Å². The van der Waals surface area contributed by atoms with Gasteiger partial charge in [-0.25, -0.2) is 0 Å². The molecule has 0 bridgehead atoms. The number of nitrogens with one attached hydrogen (secondary N) is 1. The highest BCUT2D eigenvalue weighted by Crippen LogP contribution is 2.16. The fourth-order valence-electron chi connectivity index (χ4n) is 1.74. The van der Waals surface area contributed by atoms with E-state index in [1.807, 2.05) is 18.5 Å². The van der Waals surface area contributed by atoms with Crippen LogP contribution in [-0.2, 0) is 6.54 Å². The first kappa shape index (κ1) is 15.1. The van der Waals surface area contributed by atoms with Crippen LogP contribution in [0, 0.1) is 5.41 Å². The zero-order valence-electron chi connectivity index (χ0n) is 12.2. The second-order valence-electron chi connectivity index (χ2n) is 6.16. The van der Waals surface area contributed by atoms with Crippen LogP contribution in [-0.4, -0.2) is 36.6 Å². The van der Waals surface area contributed by atoms with E-state index in [2.05, 4.69) is 49.1 Å². The molecule has 0 aromatic carbocycles. The average Bonchev–Trinajstić information content (AvgIpc) is 2.28. The molecule has 0 unspecified atom stereocenters. The van der Waals surface area contributed by atoms with Crippen molar-refractivity contribution < 1.29 is 0 Å². The Morgan fingerprint density at radius 3 is 2.67 bits per heavy atom. The van der Waals surface area contributed by atoms with Gasteiger partial charge in [-0.05, 0) is 37.1 Å². The summed E-state index contributed by atoms with van der Waals surface area (Å²) in [6.07, 6.45) is 4.97. The predicted molar refractivity (Wildman–Crippen MR) is 77.5 cm³/mol. The van der Waals surface area contributed by atoms with E-state index in [4.69, 9.17) is 0 Å². The summed E-state index contributed by atoms with van der Waals surface area (Å²) in [5.41, 5.74) is 1.70. The Labute approximate surface area is 112 Å². The third kappa shape index (κ3) is 7.41. The summed E-state index contributed by atoms with van der Waals surface area (Å²) in [4.78, 5) is 6.45. The molecule has 3 heteroatoms.